The Hall–Kier alpha value is -2.85. The molecule has 28 heavy (non-hydrogen) atoms. The Labute approximate surface area is 163 Å². The lowest BCUT2D eigenvalue weighted by Gasteiger charge is -2.28. The molecule has 0 bridgehead atoms. The van der Waals surface area contributed by atoms with Crippen molar-refractivity contribution in [3.05, 3.63) is 52.7 Å². The Morgan fingerprint density at radius 1 is 1.29 bits per heavy atom. The second-order valence-corrected chi connectivity index (χ2v) is 7.11. The van der Waals surface area contributed by atoms with Gasteiger partial charge >= 0.3 is 7.41 Å². The lowest BCUT2D eigenvalue weighted by Crippen LogP contribution is -2.43. The van der Waals surface area contributed by atoms with Crippen LogP contribution in [0.3, 0.4) is 0 Å². The van der Waals surface area contributed by atoms with E-state index >= 15 is 0 Å². The molecule has 9 nitrogen and oxygen atoms in total. The molecule has 0 fully saturated rings. The summed E-state index contributed by atoms with van der Waals surface area (Å²) in [6.07, 6.45) is 2.59. The van der Waals surface area contributed by atoms with Crippen molar-refractivity contribution in [1.82, 2.24) is 25.8 Å². The number of hydrogen-bond donors (Lipinski definition) is 4. The molecule has 2 aliphatic rings. The fourth-order valence-electron chi connectivity index (χ4n) is 3.67. The van der Waals surface area contributed by atoms with Gasteiger partial charge < -0.3 is 25.7 Å². The third kappa shape index (κ3) is 4.02. The number of carbonyl (C=O) groups is 1. The Morgan fingerprint density at radius 2 is 2.04 bits per heavy atom. The SMILES string of the molecule is NNC1=C(N)CN(C(=O)Cc2nnc([B]NC3Cc4ccccc4C3)o2)CC1. The molecule has 2 heterocycles. The maximum atomic E-state index is 12.5. The summed E-state index contributed by atoms with van der Waals surface area (Å²) < 4.78 is 5.59. The number of nitrogens with zero attached hydrogens (tertiary/aromatic N) is 3. The maximum Gasteiger partial charge on any atom is 0.325 e. The normalized spacial score (nSPS) is 17.0. The van der Waals surface area contributed by atoms with E-state index in [0.717, 1.165) is 18.5 Å². The van der Waals surface area contributed by atoms with E-state index in [-0.39, 0.29) is 18.2 Å². The van der Waals surface area contributed by atoms with Crippen molar-refractivity contribution < 1.29 is 9.21 Å². The van der Waals surface area contributed by atoms with Crippen LogP contribution >= 0.6 is 0 Å². The van der Waals surface area contributed by atoms with Crippen LogP contribution in [0, 0.1) is 0 Å². The number of amides is 1. The first-order valence-electron chi connectivity index (χ1n) is 9.32. The molecule has 10 heteroatoms. The second-order valence-electron chi connectivity index (χ2n) is 7.11. The lowest BCUT2D eigenvalue weighted by atomic mass is 9.92. The van der Waals surface area contributed by atoms with E-state index in [1.54, 1.807) is 12.3 Å². The van der Waals surface area contributed by atoms with Crippen molar-refractivity contribution in [1.29, 1.82) is 0 Å². The summed E-state index contributed by atoms with van der Waals surface area (Å²) in [4.78, 5) is 14.1. The third-order valence-electron chi connectivity index (χ3n) is 5.19. The number of nitrogens with one attached hydrogen (secondary N) is 2. The Balaban J connectivity index is 1.27. The highest BCUT2D eigenvalue weighted by molar-refractivity contribution is 6.47. The van der Waals surface area contributed by atoms with Crippen molar-refractivity contribution in [2.24, 2.45) is 11.6 Å². The van der Waals surface area contributed by atoms with Crippen molar-refractivity contribution >= 4 is 19.1 Å². The Kier molecular flexibility index (Phi) is 5.31. The Bertz CT molecular complexity index is 873. The standard InChI is InChI=1S/C18H23BN7O2/c20-14-10-26(6-5-15(14)23-21)17(27)9-16-24-25-18(28-16)19-22-13-7-11-3-1-2-4-12(11)8-13/h1-4,13,22-23H,5-10,20-21H2. The number of rotatable bonds is 6. The van der Waals surface area contributed by atoms with Crippen LogP contribution in [-0.2, 0) is 24.1 Å². The molecule has 1 amide bonds. The summed E-state index contributed by atoms with van der Waals surface area (Å²) in [5.41, 5.74) is 12.6. The molecule has 145 valence electrons. The molecule has 2 aromatic rings. The molecule has 1 aromatic carbocycles. The molecule has 1 aliphatic carbocycles. The minimum absolute atomic E-state index is 0.0500. The van der Waals surface area contributed by atoms with Gasteiger partial charge in [-0.15, -0.1) is 10.2 Å². The van der Waals surface area contributed by atoms with Crippen LogP contribution in [-0.4, -0.2) is 47.6 Å². The summed E-state index contributed by atoms with van der Waals surface area (Å²) in [7, 11) is 1.72. The summed E-state index contributed by atoms with van der Waals surface area (Å²) in [6, 6.07) is 8.74. The molecule has 1 radical (unpaired) electrons. The van der Waals surface area contributed by atoms with Crippen molar-refractivity contribution in [3.8, 4) is 0 Å². The average molecular weight is 380 g/mol. The molecule has 0 saturated carbocycles. The summed E-state index contributed by atoms with van der Waals surface area (Å²) in [6.45, 7) is 0.894. The summed E-state index contributed by atoms with van der Waals surface area (Å²) >= 11 is 0. The first-order valence-corrected chi connectivity index (χ1v) is 9.32. The highest BCUT2D eigenvalue weighted by Gasteiger charge is 2.24. The van der Waals surface area contributed by atoms with Crippen LogP contribution in [0.2, 0.25) is 0 Å². The largest absolute Gasteiger partial charge is 0.434 e. The molecular formula is C18H23BN7O2. The van der Waals surface area contributed by atoms with Crippen LogP contribution in [0.15, 0.2) is 40.1 Å². The molecule has 0 unspecified atom stereocenters. The van der Waals surface area contributed by atoms with Gasteiger partial charge in [-0.3, -0.25) is 10.6 Å². The molecular weight excluding hydrogens is 357 g/mol. The first-order chi connectivity index (χ1) is 13.6. The topological polar surface area (TPSA) is 135 Å². The molecule has 1 aromatic heterocycles. The molecule has 1 aliphatic heterocycles. The van der Waals surface area contributed by atoms with E-state index in [1.165, 1.54) is 11.1 Å². The van der Waals surface area contributed by atoms with Crippen LogP contribution < -0.4 is 28.0 Å². The van der Waals surface area contributed by atoms with E-state index in [1.807, 2.05) is 0 Å². The number of aromatic nitrogens is 2. The monoisotopic (exact) mass is 380 g/mol. The van der Waals surface area contributed by atoms with E-state index in [9.17, 15) is 4.79 Å². The highest BCUT2D eigenvalue weighted by Crippen LogP contribution is 2.21. The van der Waals surface area contributed by atoms with Gasteiger partial charge in [0, 0.05) is 30.4 Å². The molecule has 0 spiro atoms. The molecule has 0 atom stereocenters. The maximum absolute atomic E-state index is 12.5. The van der Waals surface area contributed by atoms with Crippen molar-refractivity contribution in [3.63, 3.8) is 0 Å². The van der Waals surface area contributed by atoms with Crippen molar-refractivity contribution in [2.75, 3.05) is 13.1 Å². The molecule has 4 rings (SSSR count). The minimum atomic E-state index is -0.103. The van der Waals surface area contributed by atoms with Gasteiger partial charge in [0.15, 0.2) is 5.79 Å². The van der Waals surface area contributed by atoms with Gasteiger partial charge in [0.05, 0.1) is 6.54 Å². The van der Waals surface area contributed by atoms with Gasteiger partial charge in [-0.2, -0.15) is 0 Å². The zero-order chi connectivity index (χ0) is 19.5. The minimum Gasteiger partial charge on any atom is -0.434 e. The number of hydrazine groups is 1. The number of fused-ring (bicyclic) bond motifs is 1. The van der Waals surface area contributed by atoms with Crippen molar-refractivity contribution in [2.45, 2.75) is 31.7 Å². The van der Waals surface area contributed by atoms with Crippen LogP contribution in [0.1, 0.15) is 23.4 Å². The lowest BCUT2D eigenvalue weighted by molar-refractivity contribution is -0.130. The smallest absolute Gasteiger partial charge is 0.325 e. The number of nitrogens with two attached hydrogens (primary N) is 2. The molecule has 0 saturated heterocycles. The third-order valence-corrected chi connectivity index (χ3v) is 5.19. The fraction of sp³-hybridized carbons (Fsp3) is 0.389. The summed E-state index contributed by atoms with van der Waals surface area (Å²) in [5, 5.41) is 11.3. The zero-order valence-electron chi connectivity index (χ0n) is 15.5. The fourth-order valence-corrected chi connectivity index (χ4v) is 3.67. The van der Waals surface area contributed by atoms with Crippen LogP contribution in [0.5, 0.6) is 0 Å². The number of benzene rings is 1. The summed E-state index contributed by atoms with van der Waals surface area (Å²) in [5.74, 6) is 5.96. The van der Waals surface area contributed by atoms with Gasteiger partial charge in [-0.1, -0.05) is 24.3 Å². The number of carbonyl (C=O) groups excluding carboxylic acids is 1. The first kappa shape index (κ1) is 18.5. The number of hydrogen-bond acceptors (Lipinski definition) is 8. The highest BCUT2D eigenvalue weighted by atomic mass is 16.4. The van der Waals surface area contributed by atoms with E-state index in [4.69, 9.17) is 16.0 Å². The van der Waals surface area contributed by atoms with Gasteiger partial charge in [0.2, 0.25) is 11.8 Å². The van der Waals surface area contributed by atoms with E-state index in [2.05, 4.69) is 45.1 Å². The van der Waals surface area contributed by atoms with Gasteiger partial charge in [-0.05, 0) is 24.0 Å². The van der Waals surface area contributed by atoms with Gasteiger partial charge in [0.1, 0.15) is 6.42 Å². The average Bonchev–Trinajstić information content (AvgIpc) is 3.32. The Morgan fingerprint density at radius 3 is 2.71 bits per heavy atom. The predicted molar refractivity (Wildman–Crippen MR) is 104 cm³/mol. The van der Waals surface area contributed by atoms with Crippen LogP contribution in [0.25, 0.3) is 0 Å². The molecule has 6 N–H and O–H groups in total. The van der Waals surface area contributed by atoms with E-state index in [0.29, 0.717) is 37.0 Å². The van der Waals surface area contributed by atoms with Crippen LogP contribution in [0.4, 0.5) is 0 Å². The second kappa shape index (κ2) is 8.03. The predicted octanol–water partition coefficient (Wildman–Crippen LogP) is -1.52. The van der Waals surface area contributed by atoms with Gasteiger partial charge in [0.25, 0.3) is 0 Å². The quantitative estimate of drug-likeness (QED) is 0.270. The van der Waals surface area contributed by atoms with E-state index < -0.39 is 0 Å². The van der Waals surface area contributed by atoms with Gasteiger partial charge in [-0.25, -0.2) is 0 Å². The zero-order valence-corrected chi connectivity index (χ0v) is 15.5.